The summed E-state index contributed by atoms with van der Waals surface area (Å²) in [5.41, 5.74) is 0. The lowest BCUT2D eigenvalue weighted by Gasteiger charge is -1.89. The Hall–Kier alpha value is -0.570. The second-order valence-corrected chi connectivity index (χ2v) is 1.05. The van der Waals surface area contributed by atoms with Gasteiger partial charge in [-0.05, 0) is 6.42 Å². The van der Waals surface area contributed by atoms with Crippen LogP contribution in [0.15, 0.2) is 0 Å². The Morgan fingerprint density at radius 3 is 2.71 bits per heavy atom. The summed E-state index contributed by atoms with van der Waals surface area (Å²) in [4.78, 5) is 13.8. The third kappa shape index (κ3) is 3.26. The van der Waals surface area contributed by atoms with Gasteiger partial charge in [-0.25, -0.2) is 0 Å². The van der Waals surface area contributed by atoms with E-state index >= 15 is 0 Å². The number of rotatable bonds is 2. The highest BCUT2D eigenvalue weighted by Crippen LogP contribution is 1.83. The number of nitrogens with two attached hydrogens (primary N) is 1. The standard InChI is InChI=1S/C4H8NO2/c1-2-3-4(6)7-5/h3H,2,5H2,1H3. The maximum absolute atomic E-state index is 10.0. The van der Waals surface area contributed by atoms with E-state index in [1.165, 1.54) is 6.42 Å². The fourth-order valence-corrected chi connectivity index (χ4v) is 0.215. The van der Waals surface area contributed by atoms with Gasteiger partial charge in [-0.3, -0.25) is 4.79 Å². The van der Waals surface area contributed by atoms with Gasteiger partial charge in [-0.1, -0.05) is 6.92 Å². The summed E-state index contributed by atoms with van der Waals surface area (Å²) in [6.07, 6.45) is 2.02. The largest absolute Gasteiger partial charge is 0.373 e. The quantitative estimate of drug-likeness (QED) is 0.500. The monoisotopic (exact) mass is 102 g/mol. The van der Waals surface area contributed by atoms with Crippen molar-refractivity contribution >= 4 is 5.97 Å². The van der Waals surface area contributed by atoms with E-state index in [2.05, 4.69) is 10.7 Å². The van der Waals surface area contributed by atoms with Gasteiger partial charge in [0.15, 0.2) is 0 Å². The van der Waals surface area contributed by atoms with Crippen LogP contribution >= 0.6 is 0 Å². The molecule has 0 rings (SSSR count). The van der Waals surface area contributed by atoms with E-state index in [-0.39, 0.29) is 0 Å². The first-order chi connectivity index (χ1) is 3.31. The fourth-order valence-electron chi connectivity index (χ4n) is 0.215. The lowest BCUT2D eigenvalue weighted by molar-refractivity contribution is -0.140. The second-order valence-electron chi connectivity index (χ2n) is 1.05. The third-order valence-corrected chi connectivity index (χ3v) is 0.487. The van der Waals surface area contributed by atoms with Crippen LogP contribution in [0.3, 0.4) is 0 Å². The van der Waals surface area contributed by atoms with E-state index in [0.717, 1.165) is 0 Å². The molecule has 0 aliphatic rings. The molecule has 0 atom stereocenters. The summed E-state index contributed by atoms with van der Waals surface area (Å²) in [6.45, 7) is 1.83. The maximum Gasteiger partial charge on any atom is 0.328 e. The highest BCUT2D eigenvalue weighted by molar-refractivity contribution is 5.78. The van der Waals surface area contributed by atoms with Crippen LogP contribution in [0.25, 0.3) is 0 Å². The molecule has 3 nitrogen and oxygen atoms in total. The van der Waals surface area contributed by atoms with E-state index < -0.39 is 5.97 Å². The first kappa shape index (κ1) is 6.43. The van der Waals surface area contributed by atoms with Gasteiger partial charge < -0.3 is 4.84 Å². The van der Waals surface area contributed by atoms with Crippen molar-refractivity contribution in [2.75, 3.05) is 0 Å². The van der Waals surface area contributed by atoms with Gasteiger partial charge in [0.2, 0.25) is 0 Å². The number of hydrogen-bond acceptors (Lipinski definition) is 3. The van der Waals surface area contributed by atoms with E-state index in [0.29, 0.717) is 6.42 Å². The Balaban J connectivity index is 3.00. The third-order valence-electron chi connectivity index (χ3n) is 0.487. The van der Waals surface area contributed by atoms with Crippen molar-refractivity contribution in [3.05, 3.63) is 6.42 Å². The van der Waals surface area contributed by atoms with Crippen LogP contribution in [0.4, 0.5) is 0 Å². The molecule has 0 amide bonds. The first-order valence-corrected chi connectivity index (χ1v) is 2.05. The first-order valence-electron chi connectivity index (χ1n) is 2.05. The molecule has 0 aromatic rings. The topological polar surface area (TPSA) is 52.3 Å². The molecular formula is C4H8NO2. The fraction of sp³-hybridized carbons (Fsp3) is 0.500. The minimum Gasteiger partial charge on any atom is -0.373 e. The SMILES string of the molecule is CC[CH]C(=O)ON. The van der Waals surface area contributed by atoms with E-state index in [1.807, 2.05) is 6.92 Å². The van der Waals surface area contributed by atoms with Crippen LogP contribution in [0.2, 0.25) is 0 Å². The molecule has 0 aromatic heterocycles. The molecular weight excluding hydrogens is 94.0 g/mol. The van der Waals surface area contributed by atoms with E-state index in [4.69, 9.17) is 0 Å². The molecule has 0 aliphatic heterocycles. The molecule has 2 N–H and O–H groups in total. The Bertz CT molecular complexity index is 62.7. The summed E-state index contributed by atoms with van der Waals surface area (Å²) in [5, 5.41) is 0. The highest BCUT2D eigenvalue weighted by atomic mass is 16.7. The summed E-state index contributed by atoms with van der Waals surface area (Å²) in [6, 6.07) is 0. The van der Waals surface area contributed by atoms with Crippen molar-refractivity contribution in [2.24, 2.45) is 5.90 Å². The number of carbonyl (C=O) groups excluding carboxylic acids is 1. The van der Waals surface area contributed by atoms with Crippen LogP contribution in [0, 0.1) is 6.42 Å². The van der Waals surface area contributed by atoms with Gasteiger partial charge in [0.1, 0.15) is 0 Å². The lowest BCUT2D eigenvalue weighted by Crippen LogP contribution is -2.08. The molecule has 1 radical (unpaired) electrons. The van der Waals surface area contributed by atoms with Crippen LogP contribution in [0.5, 0.6) is 0 Å². The van der Waals surface area contributed by atoms with Gasteiger partial charge in [0, 0.05) is 0 Å². The summed E-state index contributed by atoms with van der Waals surface area (Å²) >= 11 is 0. The van der Waals surface area contributed by atoms with Crippen molar-refractivity contribution in [3.63, 3.8) is 0 Å². The molecule has 0 fully saturated rings. The van der Waals surface area contributed by atoms with Gasteiger partial charge >= 0.3 is 5.97 Å². The van der Waals surface area contributed by atoms with Gasteiger partial charge in [0.25, 0.3) is 0 Å². The van der Waals surface area contributed by atoms with Crippen LogP contribution in [-0.4, -0.2) is 5.97 Å². The van der Waals surface area contributed by atoms with Crippen molar-refractivity contribution < 1.29 is 9.63 Å². The summed E-state index contributed by atoms with van der Waals surface area (Å²) in [7, 11) is 0. The molecule has 3 heteroatoms. The molecule has 7 heavy (non-hydrogen) atoms. The van der Waals surface area contributed by atoms with Gasteiger partial charge in [-0.2, -0.15) is 5.90 Å². The average molecular weight is 102 g/mol. The minimum atomic E-state index is -0.470. The Morgan fingerprint density at radius 1 is 2.00 bits per heavy atom. The minimum absolute atomic E-state index is 0.470. The van der Waals surface area contributed by atoms with Crippen molar-refractivity contribution in [2.45, 2.75) is 13.3 Å². The molecule has 0 saturated heterocycles. The van der Waals surface area contributed by atoms with Crippen LogP contribution in [-0.2, 0) is 9.63 Å². The highest BCUT2D eigenvalue weighted by Gasteiger charge is 1.94. The molecule has 0 spiro atoms. The molecule has 41 valence electrons. The molecule has 0 aliphatic carbocycles. The zero-order valence-electron chi connectivity index (χ0n) is 4.18. The normalized spacial score (nSPS) is 8.29. The van der Waals surface area contributed by atoms with Gasteiger partial charge in [-0.15, -0.1) is 0 Å². The van der Waals surface area contributed by atoms with Crippen LogP contribution in [0.1, 0.15) is 13.3 Å². The predicted molar refractivity (Wildman–Crippen MR) is 24.9 cm³/mol. The van der Waals surface area contributed by atoms with E-state index in [9.17, 15) is 4.79 Å². The Labute approximate surface area is 42.4 Å². The molecule has 0 unspecified atom stereocenters. The molecule has 0 saturated carbocycles. The Kier molecular flexibility index (Phi) is 3.32. The number of carbonyl (C=O) groups is 1. The second kappa shape index (κ2) is 3.61. The number of hydrogen-bond donors (Lipinski definition) is 1. The summed E-state index contributed by atoms with van der Waals surface area (Å²) in [5.74, 6) is 4.01. The predicted octanol–water partition coefficient (Wildman–Crippen LogP) is 0.0176. The summed E-state index contributed by atoms with van der Waals surface area (Å²) < 4.78 is 0. The molecule has 0 heterocycles. The van der Waals surface area contributed by atoms with Crippen molar-refractivity contribution in [1.29, 1.82) is 0 Å². The van der Waals surface area contributed by atoms with Crippen molar-refractivity contribution in [1.82, 2.24) is 0 Å². The zero-order chi connectivity index (χ0) is 5.70. The zero-order valence-corrected chi connectivity index (χ0v) is 4.18. The Morgan fingerprint density at radius 2 is 2.57 bits per heavy atom. The van der Waals surface area contributed by atoms with Crippen molar-refractivity contribution in [3.8, 4) is 0 Å². The van der Waals surface area contributed by atoms with E-state index in [1.54, 1.807) is 0 Å². The molecule has 0 bridgehead atoms. The lowest BCUT2D eigenvalue weighted by atomic mass is 10.3. The van der Waals surface area contributed by atoms with Crippen LogP contribution < -0.4 is 5.90 Å². The smallest absolute Gasteiger partial charge is 0.328 e. The molecule has 0 aromatic carbocycles. The maximum atomic E-state index is 10.0. The van der Waals surface area contributed by atoms with Gasteiger partial charge in [0.05, 0.1) is 6.42 Å². The average Bonchev–Trinajstić information content (AvgIpc) is 1.68.